The van der Waals surface area contributed by atoms with Gasteiger partial charge in [0.25, 0.3) is 0 Å². The summed E-state index contributed by atoms with van der Waals surface area (Å²) in [7, 11) is 0. The van der Waals surface area contributed by atoms with Crippen LogP contribution in [0.3, 0.4) is 0 Å². The molecule has 0 aliphatic carbocycles. The number of halogens is 1. The number of rotatable bonds is 6. The second-order valence-corrected chi connectivity index (χ2v) is 5.18. The molecule has 1 amide bonds. The van der Waals surface area contributed by atoms with Crippen LogP contribution in [0.15, 0.2) is 30.9 Å². The van der Waals surface area contributed by atoms with Gasteiger partial charge in [0.15, 0.2) is 0 Å². The third kappa shape index (κ3) is 5.29. The van der Waals surface area contributed by atoms with Crippen LogP contribution in [-0.2, 0) is 4.79 Å². The molecule has 0 heterocycles. The zero-order chi connectivity index (χ0) is 12.7. The summed E-state index contributed by atoms with van der Waals surface area (Å²) in [5, 5.41) is 3.55. The molecule has 1 rings (SSSR count). The van der Waals surface area contributed by atoms with E-state index >= 15 is 0 Å². The lowest BCUT2D eigenvalue weighted by Crippen LogP contribution is -2.15. The average Bonchev–Trinajstić information content (AvgIpc) is 2.28. The molecule has 0 saturated heterocycles. The van der Waals surface area contributed by atoms with Gasteiger partial charge in [-0.05, 0) is 42.9 Å². The van der Waals surface area contributed by atoms with E-state index in [1.165, 1.54) is 0 Å². The molecular formula is C13H16ClNOS. The minimum atomic E-state index is 0.0180. The zero-order valence-electron chi connectivity index (χ0n) is 9.83. The van der Waals surface area contributed by atoms with Crippen molar-refractivity contribution >= 4 is 35.0 Å². The number of nitrogens with one attached hydrogen (secondary N) is 1. The van der Waals surface area contributed by atoms with Gasteiger partial charge in [0.2, 0.25) is 5.91 Å². The monoisotopic (exact) mass is 269 g/mol. The van der Waals surface area contributed by atoms with Crippen LogP contribution >= 0.6 is 23.4 Å². The third-order valence-corrected chi connectivity index (χ3v) is 3.39. The predicted octanol–water partition coefficient (Wildman–Crippen LogP) is 3.90. The van der Waals surface area contributed by atoms with Crippen LogP contribution in [0.2, 0.25) is 5.02 Å². The van der Waals surface area contributed by atoms with Gasteiger partial charge in [-0.3, -0.25) is 4.79 Å². The van der Waals surface area contributed by atoms with Crippen LogP contribution in [0, 0.1) is 6.92 Å². The summed E-state index contributed by atoms with van der Waals surface area (Å²) in [4.78, 5) is 11.6. The summed E-state index contributed by atoms with van der Waals surface area (Å²) in [6.45, 7) is 5.56. The molecule has 0 radical (unpaired) electrons. The molecule has 4 heteroatoms. The van der Waals surface area contributed by atoms with Gasteiger partial charge in [0.1, 0.15) is 0 Å². The molecule has 2 nitrogen and oxygen atoms in total. The Labute approximate surface area is 111 Å². The lowest BCUT2D eigenvalue weighted by molar-refractivity contribution is -0.113. The smallest absolute Gasteiger partial charge is 0.234 e. The molecule has 0 aliphatic heterocycles. The van der Waals surface area contributed by atoms with Crippen molar-refractivity contribution in [3.63, 3.8) is 0 Å². The van der Waals surface area contributed by atoms with Crippen molar-refractivity contribution < 1.29 is 4.79 Å². The molecule has 0 bridgehead atoms. The molecule has 0 spiro atoms. The first-order valence-corrected chi connectivity index (χ1v) is 6.91. The van der Waals surface area contributed by atoms with Crippen molar-refractivity contribution in [3.8, 4) is 0 Å². The number of thioether (sulfide) groups is 1. The van der Waals surface area contributed by atoms with Gasteiger partial charge in [-0.25, -0.2) is 0 Å². The summed E-state index contributed by atoms with van der Waals surface area (Å²) in [6.07, 6.45) is 2.78. The lowest BCUT2D eigenvalue weighted by Gasteiger charge is -2.08. The van der Waals surface area contributed by atoms with E-state index in [0.717, 1.165) is 23.4 Å². The number of amides is 1. The van der Waals surface area contributed by atoms with Crippen LogP contribution in [0.5, 0.6) is 0 Å². The van der Waals surface area contributed by atoms with Crippen molar-refractivity contribution in [2.24, 2.45) is 0 Å². The van der Waals surface area contributed by atoms with Crippen molar-refractivity contribution in [2.75, 3.05) is 16.8 Å². The first-order chi connectivity index (χ1) is 8.13. The van der Waals surface area contributed by atoms with E-state index in [9.17, 15) is 4.79 Å². The molecule has 0 saturated carbocycles. The largest absolute Gasteiger partial charge is 0.325 e. The Bertz CT molecular complexity index is 406. The fraction of sp³-hybridized carbons (Fsp3) is 0.308. The number of allylic oxidation sites excluding steroid dienone is 1. The van der Waals surface area contributed by atoms with E-state index in [2.05, 4.69) is 11.9 Å². The van der Waals surface area contributed by atoms with Crippen molar-refractivity contribution in [1.82, 2.24) is 0 Å². The fourth-order valence-corrected chi connectivity index (χ4v) is 2.25. The summed E-state index contributed by atoms with van der Waals surface area (Å²) in [5.74, 6) is 1.41. The molecule has 1 N–H and O–H groups in total. The normalized spacial score (nSPS) is 10.0. The highest BCUT2D eigenvalue weighted by atomic mass is 35.5. The van der Waals surface area contributed by atoms with Crippen molar-refractivity contribution in [2.45, 2.75) is 13.3 Å². The minimum absolute atomic E-state index is 0.0180. The highest BCUT2D eigenvalue weighted by Gasteiger charge is 2.04. The molecule has 0 atom stereocenters. The highest BCUT2D eigenvalue weighted by molar-refractivity contribution is 7.99. The standard InChI is InChI=1S/C13H16ClNOS/c1-3-4-7-17-9-13(16)15-12-6-5-11(14)8-10(12)2/h3,5-6,8H,1,4,7,9H2,2H3,(H,15,16). The van der Waals surface area contributed by atoms with Gasteiger partial charge in [-0.15, -0.1) is 6.58 Å². The van der Waals surface area contributed by atoms with E-state index in [0.29, 0.717) is 10.8 Å². The summed E-state index contributed by atoms with van der Waals surface area (Å²) in [5.41, 5.74) is 1.80. The quantitative estimate of drug-likeness (QED) is 0.627. The van der Waals surface area contributed by atoms with Crippen LogP contribution < -0.4 is 5.32 Å². The zero-order valence-corrected chi connectivity index (χ0v) is 11.4. The van der Waals surface area contributed by atoms with Gasteiger partial charge in [0, 0.05) is 10.7 Å². The predicted molar refractivity (Wildman–Crippen MR) is 77.0 cm³/mol. The average molecular weight is 270 g/mol. The van der Waals surface area contributed by atoms with Gasteiger partial charge >= 0.3 is 0 Å². The summed E-state index contributed by atoms with van der Waals surface area (Å²) >= 11 is 7.45. The van der Waals surface area contributed by atoms with Crippen LogP contribution in [-0.4, -0.2) is 17.4 Å². The van der Waals surface area contributed by atoms with Crippen molar-refractivity contribution in [1.29, 1.82) is 0 Å². The Morgan fingerprint density at radius 3 is 3.00 bits per heavy atom. The maximum atomic E-state index is 11.6. The summed E-state index contributed by atoms with van der Waals surface area (Å²) < 4.78 is 0. The first kappa shape index (κ1) is 14.1. The van der Waals surface area contributed by atoms with Gasteiger partial charge < -0.3 is 5.32 Å². The number of hydrogen-bond donors (Lipinski definition) is 1. The second kappa shape index (κ2) is 7.41. The van der Waals surface area contributed by atoms with E-state index in [-0.39, 0.29) is 5.91 Å². The Balaban J connectivity index is 2.42. The number of benzene rings is 1. The molecule has 1 aromatic carbocycles. The van der Waals surface area contributed by atoms with Crippen LogP contribution in [0.4, 0.5) is 5.69 Å². The molecule has 17 heavy (non-hydrogen) atoms. The lowest BCUT2D eigenvalue weighted by atomic mass is 10.2. The molecule has 92 valence electrons. The van der Waals surface area contributed by atoms with E-state index in [1.54, 1.807) is 17.8 Å². The molecule has 0 unspecified atom stereocenters. The molecule has 0 fully saturated rings. The SMILES string of the molecule is C=CCCSCC(=O)Nc1ccc(Cl)cc1C. The van der Waals surface area contributed by atoms with Gasteiger partial charge in [-0.2, -0.15) is 11.8 Å². The number of aryl methyl sites for hydroxylation is 1. The second-order valence-electron chi connectivity index (χ2n) is 3.64. The highest BCUT2D eigenvalue weighted by Crippen LogP contribution is 2.19. The van der Waals surface area contributed by atoms with Gasteiger partial charge in [0.05, 0.1) is 5.75 Å². The topological polar surface area (TPSA) is 29.1 Å². The summed E-state index contributed by atoms with van der Waals surface area (Å²) in [6, 6.07) is 5.43. The molecule has 0 aliphatic rings. The fourth-order valence-electron chi connectivity index (χ4n) is 1.29. The maximum Gasteiger partial charge on any atom is 0.234 e. The molecule has 0 aromatic heterocycles. The van der Waals surface area contributed by atoms with Gasteiger partial charge in [-0.1, -0.05) is 17.7 Å². The minimum Gasteiger partial charge on any atom is -0.325 e. The molecular weight excluding hydrogens is 254 g/mol. The number of carbonyl (C=O) groups is 1. The van der Waals surface area contributed by atoms with E-state index in [1.807, 2.05) is 25.1 Å². The Kier molecular flexibility index (Phi) is 6.16. The number of anilines is 1. The Morgan fingerprint density at radius 1 is 1.59 bits per heavy atom. The van der Waals surface area contributed by atoms with E-state index in [4.69, 9.17) is 11.6 Å². The first-order valence-electron chi connectivity index (χ1n) is 5.38. The Morgan fingerprint density at radius 2 is 2.35 bits per heavy atom. The van der Waals surface area contributed by atoms with Crippen LogP contribution in [0.1, 0.15) is 12.0 Å². The number of carbonyl (C=O) groups excluding carboxylic acids is 1. The molecule has 1 aromatic rings. The van der Waals surface area contributed by atoms with Crippen molar-refractivity contribution in [3.05, 3.63) is 41.4 Å². The van der Waals surface area contributed by atoms with Crippen LogP contribution in [0.25, 0.3) is 0 Å². The third-order valence-electron chi connectivity index (χ3n) is 2.16. The number of hydrogen-bond acceptors (Lipinski definition) is 2. The Hall–Kier alpha value is -0.930. The van der Waals surface area contributed by atoms with E-state index < -0.39 is 0 Å². The maximum absolute atomic E-state index is 11.6.